The van der Waals surface area contributed by atoms with Gasteiger partial charge in [-0.1, -0.05) is 44.4 Å². The van der Waals surface area contributed by atoms with Gasteiger partial charge in [-0.05, 0) is 38.3 Å². The maximum Gasteiger partial charge on any atom is 0.282 e. The molecule has 106 valence electrons. The number of aryl methyl sites for hydroxylation is 1. The Morgan fingerprint density at radius 2 is 1.74 bits per heavy atom. The molecule has 0 fully saturated rings. The smallest absolute Gasteiger partial charge is 0.199 e. The normalized spacial score (nSPS) is 12.7. The highest BCUT2D eigenvalue weighted by molar-refractivity contribution is 7.90. The fourth-order valence-corrected chi connectivity index (χ4v) is 2.94. The van der Waals surface area contributed by atoms with Crippen molar-refractivity contribution in [3.63, 3.8) is 0 Å². The van der Waals surface area contributed by atoms with E-state index < -0.39 is 10.0 Å². The number of benzene rings is 1. The molecule has 0 radical (unpaired) electrons. The first-order valence-corrected chi connectivity index (χ1v) is 8.33. The van der Waals surface area contributed by atoms with Gasteiger partial charge >= 0.3 is 0 Å². The summed E-state index contributed by atoms with van der Waals surface area (Å²) < 4.78 is 28.3. The average molecular weight is 281 g/mol. The molecule has 0 heterocycles. The van der Waals surface area contributed by atoms with E-state index in [1.807, 2.05) is 13.8 Å². The number of hydrogen-bond donors (Lipinski definition) is 0. The van der Waals surface area contributed by atoms with Crippen LogP contribution in [0.1, 0.15) is 51.5 Å². The fraction of sp³-hybridized carbons (Fsp3) is 0.533. The van der Waals surface area contributed by atoms with E-state index in [-0.39, 0.29) is 4.90 Å². The maximum absolute atomic E-state index is 12.2. The van der Waals surface area contributed by atoms with Crippen molar-refractivity contribution in [2.75, 3.05) is 0 Å². The van der Waals surface area contributed by atoms with Gasteiger partial charge in [0.2, 0.25) is 0 Å². The summed E-state index contributed by atoms with van der Waals surface area (Å²) in [5.74, 6) is 0. The first-order chi connectivity index (χ1) is 8.99. The summed E-state index contributed by atoms with van der Waals surface area (Å²) in [5.41, 5.74) is 1.82. The van der Waals surface area contributed by atoms with E-state index in [0.717, 1.165) is 37.0 Å². The monoisotopic (exact) mass is 281 g/mol. The van der Waals surface area contributed by atoms with Crippen molar-refractivity contribution in [3.05, 3.63) is 29.8 Å². The molecule has 0 amide bonds. The van der Waals surface area contributed by atoms with Gasteiger partial charge in [0.05, 0.1) is 4.90 Å². The summed E-state index contributed by atoms with van der Waals surface area (Å²) in [6.07, 6.45) is 4.71. The number of sulfonamides is 1. The molecule has 0 saturated carbocycles. The van der Waals surface area contributed by atoms with Gasteiger partial charge in [0.1, 0.15) is 0 Å². The van der Waals surface area contributed by atoms with Gasteiger partial charge in [-0.2, -0.15) is 12.8 Å². The van der Waals surface area contributed by atoms with Crippen LogP contribution in [0, 0.1) is 6.92 Å². The molecular formula is C15H23NO2S. The summed E-state index contributed by atoms with van der Waals surface area (Å²) in [5, 5.41) is 0. The quantitative estimate of drug-likeness (QED) is 0.557. The molecule has 19 heavy (non-hydrogen) atoms. The summed E-state index contributed by atoms with van der Waals surface area (Å²) in [6.45, 7) is 6.02. The van der Waals surface area contributed by atoms with Crippen LogP contribution in [0.2, 0.25) is 0 Å². The zero-order valence-electron chi connectivity index (χ0n) is 12.0. The van der Waals surface area contributed by atoms with Crippen LogP contribution in [0.15, 0.2) is 33.6 Å². The third kappa shape index (κ3) is 5.15. The largest absolute Gasteiger partial charge is 0.282 e. The fourth-order valence-electron chi connectivity index (χ4n) is 1.80. The number of unbranched alkanes of at least 4 members (excludes halogenated alkanes) is 2. The molecule has 0 atom stereocenters. The Morgan fingerprint density at radius 1 is 1.11 bits per heavy atom. The summed E-state index contributed by atoms with van der Waals surface area (Å²) in [4.78, 5) is 0.277. The molecular weight excluding hydrogens is 258 g/mol. The predicted molar refractivity (Wildman–Crippen MR) is 80.2 cm³/mol. The van der Waals surface area contributed by atoms with Crippen LogP contribution in [0.25, 0.3) is 0 Å². The molecule has 0 unspecified atom stereocenters. The van der Waals surface area contributed by atoms with Crippen LogP contribution in [-0.4, -0.2) is 14.1 Å². The predicted octanol–water partition coefficient (Wildman–Crippen LogP) is 4.12. The molecule has 3 nitrogen and oxygen atoms in total. The van der Waals surface area contributed by atoms with Gasteiger partial charge in [0.15, 0.2) is 0 Å². The van der Waals surface area contributed by atoms with Gasteiger partial charge in [-0.25, -0.2) is 0 Å². The molecule has 0 aliphatic heterocycles. The van der Waals surface area contributed by atoms with E-state index >= 15 is 0 Å². The Labute approximate surface area is 116 Å². The van der Waals surface area contributed by atoms with Gasteiger partial charge in [-0.3, -0.25) is 0 Å². The minimum absolute atomic E-state index is 0.277. The first kappa shape index (κ1) is 15.9. The number of hydrogen-bond acceptors (Lipinski definition) is 2. The Morgan fingerprint density at radius 3 is 2.26 bits per heavy atom. The van der Waals surface area contributed by atoms with Crippen LogP contribution in [0.5, 0.6) is 0 Å². The second kappa shape index (κ2) is 7.43. The lowest BCUT2D eigenvalue weighted by Crippen LogP contribution is -2.04. The second-order valence-electron chi connectivity index (χ2n) is 4.76. The molecule has 0 aliphatic carbocycles. The second-order valence-corrected chi connectivity index (χ2v) is 6.36. The van der Waals surface area contributed by atoms with E-state index in [2.05, 4.69) is 11.3 Å². The highest BCUT2D eigenvalue weighted by Crippen LogP contribution is 2.15. The van der Waals surface area contributed by atoms with Crippen molar-refractivity contribution in [2.24, 2.45) is 4.40 Å². The molecule has 0 spiro atoms. The van der Waals surface area contributed by atoms with Crippen LogP contribution in [-0.2, 0) is 10.0 Å². The SMILES string of the molecule is CCCCC/C(CC)=N/S(=O)(=O)c1ccc(C)cc1. The van der Waals surface area contributed by atoms with Crippen molar-refractivity contribution in [1.29, 1.82) is 0 Å². The highest BCUT2D eigenvalue weighted by Gasteiger charge is 2.13. The maximum atomic E-state index is 12.2. The zero-order valence-corrected chi connectivity index (χ0v) is 12.8. The zero-order chi connectivity index (χ0) is 14.3. The molecule has 1 aromatic carbocycles. The Bertz CT molecular complexity index is 516. The third-order valence-corrected chi connectivity index (χ3v) is 4.41. The van der Waals surface area contributed by atoms with Gasteiger partial charge in [0.25, 0.3) is 10.0 Å². The molecule has 1 rings (SSSR count). The Kier molecular flexibility index (Phi) is 6.22. The van der Waals surface area contributed by atoms with Crippen molar-refractivity contribution < 1.29 is 8.42 Å². The third-order valence-electron chi connectivity index (χ3n) is 3.05. The lowest BCUT2D eigenvalue weighted by atomic mass is 10.1. The van der Waals surface area contributed by atoms with E-state index in [1.54, 1.807) is 24.3 Å². The number of rotatable bonds is 7. The lowest BCUT2D eigenvalue weighted by Gasteiger charge is -2.05. The van der Waals surface area contributed by atoms with Gasteiger partial charge in [-0.15, -0.1) is 0 Å². The summed E-state index contributed by atoms with van der Waals surface area (Å²) in [6, 6.07) is 6.83. The van der Waals surface area contributed by atoms with Crippen molar-refractivity contribution in [2.45, 2.75) is 57.8 Å². The average Bonchev–Trinajstić information content (AvgIpc) is 2.38. The van der Waals surface area contributed by atoms with E-state index in [9.17, 15) is 8.42 Å². The molecule has 0 aliphatic rings. The van der Waals surface area contributed by atoms with Crippen molar-refractivity contribution in [3.8, 4) is 0 Å². The standard InChI is InChI=1S/C15H23NO2S/c1-4-6-7-8-14(5-2)16-19(17,18)15-11-9-13(3)10-12-15/h9-12H,4-8H2,1-3H3/b16-14+. The van der Waals surface area contributed by atoms with Gasteiger partial charge < -0.3 is 0 Å². The van der Waals surface area contributed by atoms with Crippen molar-refractivity contribution >= 4 is 15.7 Å². The highest BCUT2D eigenvalue weighted by atomic mass is 32.2. The Hall–Kier alpha value is -1.16. The first-order valence-electron chi connectivity index (χ1n) is 6.89. The topological polar surface area (TPSA) is 46.5 Å². The van der Waals surface area contributed by atoms with E-state index in [1.165, 1.54) is 0 Å². The Balaban J connectivity index is 2.89. The molecule has 0 bridgehead atoms. The molecule has 0 saturated heterocycles. The summed E-state index contributed by atoms with van der Waals surface area (Å²) >= 11 is 0. The molecule has 4 heteroatoms. The summed E-state index contributed by atoms with van der Waals surface area (Å²) in [7, 11) is -3.54. The molecule has 1 aromatic rings. The van der Waals surface area contributed by atoms with E-state index in [4.69, 9.17) is 0 Å². The van der Waals surface area contributed by atoms with Crippen molar-refractivity contribution in [1.82, 2.24) is 0 Å². The van der Waals surface area contributed by atoms with E-state index in [0.29, 0.717) is 6.42 Å². The van der Waals surface area contributed by atoms with Crippen LogP contribution >= 0.6 is 0 Å². The minimum atomic E-state index is -3.54. The van der Waals surface area contributed by atoms with Gasteiger partial charge in [0, 0.05) is 5.71 Å². The van der Waals surface area contributed by atoms with Crippen LogP contribution in [0.3, 0.4) is 0 Å². The molecule has 0 aromatic heterocycles. The molecule has 0 N–H and O–H groups in total. The lowest BCUT2D eigenvalue weighted by molar-refractivity contribution is 0.597. The van der Waals surface area contributed by atoms with Crippen LogP contribution in [0.4, 0.5) is 0 Å². The van der Waals surface area contributed by atoms with Crippen LogP contribution < -0.4 is 0 Å². The number of nitrogens with zero attached hydrogens (tertiary/aromatic N) is 1. The minimum Gasteiger partial charge on any atom is -0.199 e.